The molecule has 3 aromatic rings. The Kier molecular flexibility index (Phi) is 5.98. The number of thioether (sulfide) groups is 1. The van der Waals surface area contributed by atoms with Crippen LogP contribution in [0.4, 0.5) is 5.82 Å². The van der Waals surface area contributed by atoms with Crippen LogP contribution >= 0.6 is 23.4 Å². The Morgan fingerprint density at radius 3 is 2.77 bits per heavy atom. The molecule has 1 aliphatic rings. The molecule has 2 aromatic heterocycles. The molecule has 2 N–H and O–H groups in total. The summed E-state index contributed by atoms with van der Waals surface area (Å²) in [6, 6.07) is 7.71. The second kappa shape index (κ2) is 8.66. The number of imidazole rings is 1. The van der Waals surface area contributed by atoms with E-state index in [1.54, 1.807) is 29.8 Å². The summed E-state index contributed by atoms with van der Waals surface area (Å²) in [5.41, 5.74) is 6.81. The number of carbonyl (C=O) groups is 1. The Labute approximate surface area is 181 Å². The highest BCUT2D eigenvalue weighted by Crippen LogP contribution is 2.39. The molecule has 3 heterocycles. The minimum Gasteiger partial charge on any atom is -0.497 e. The van der Waals surface area contributed by atoms with Gasteiger partial charge in [-0.25, -0.2) is 15.0 Å². The third-order valence-electron chi connectivity index (χ3n) is 4.70. The van der Waals surface area contributed by atoms with Gasteiger partial charge in [-0.1, -0.05) is 0 Å². The van der Waals surface area contributed by atoms with E-state index in [0.29, 0.717) is 16.9 Å². The van der Waals surface area contributed by atoms with Crippen LogP contribution in [0.5, 0.6) is 5.75 Å². The number of aromatic nitrogens is 4. The highest BCUT2D eigenvalue weighted by molar-refractivity contribution is 7.99. The highest BCUT2D eigenvalue weighted by atomic mass is 35.5. The van der Waals surface area contributed by atoms with Crippen LogP contribution in [-0.2, 0) is 14.3 Å². The van der Waals surface area contributed by atoms with Gasteiger partial charge in [0.1, 0.15) is 23.0 Å². The minimum absolute atomic E-state index is 0.259. The van der Waals surface area contributed by atoms with Gasteiger partial charge in [0.2, 0.25) is 0 Å². The highest BCUT2D eigenvalue weighted by Gasteiger charge is 2.47. The number of esters is 1. The molecule has 1 aliphatic heterocycles. The quantitative estimate of drug-likeness (QED) is 0.344. The van der Waals surface area contributed by atoms with Crippen molar-refractivity contribution < 1.29 is 19.0 Å². The average Bonchev–Trinajstić information content (AvgIpc) is 3.29. The summed E-state index contributed by atoms with van der Waals surface area (Å²) in [5.74, 6) is 1.17. The lowest BCUT2D eigenvalue weighted by atomic mass is 10.2. The van der Waals surface area contributed by atoms with Crippen LogP contribution in [0.25, 0.3) is 11.2 Å². The molecule has 0 amide bonds. The number of nitrogen functional groups attached to an aromatic ring is 1. The molecule has 0 aliphatic carbocycles. The Morgan fingerprint density at radius 2 is 2.07 bits per heavy atom. The van der Waals surface area contributed by atoms with E-state index in [4.69, 9.17) is 31.5 Å². The molecule has 4 rings (SSSR count). The van der Waals surface area contributed by atoms with Gasteiger partial charge in [0.15, 0.2) is 23.8 Å². The van der Waals surface area contributed by atoms with Crippen LogP contribution < -0.4 is 10.5 Å². The second-order valence-corrected chi connectivity index (χ2v) is 8.25. The van der Waals surface area contributed by atoms with Crippen LogP contribution in [0.2, 0.25) is 0 Å². The third kappa shape index (κ3) is 4.03. The summed E-state index contributed by atoms with van der Waals surface area (Å²) in [4.78, 5) is 25.2. The largest absolute Gasteiger partial charge is 0.497 e. The van der Waals surface area contributed by atoms with Gasteiger partial charge in [-0.2, -0.15) is 0 Å². The third-order valence-corrected chi connectivity index (χ3v) is 6.33. The van der Waals surface area contributed by atoms with Crippen molar-refractivity contribution in [3.63, 3.8) is 0 Å². The summed E-state index contributed by atoms with van der Waals surface area (Å²) in [6.45, 7) is 1.34. The Morgan fingerprint density at radius 1 is 1.30 bits per heavy atom. The lowest BCUT2D eigenvalue weighted by Crippen LogP contribution is -2.32. The number of alkyl halides is 1. The van der Waals surface area contributed by atoms with E-state index in [1.807, 2.05) is 24.3 Å². The first-order valence-electron chi connectivity index (χ1n) is 9.14. The molecular weight excluding hydrogens is 430 g/mol. The first-order chi connectivity index (χ1) is 14.5. The Balaban J connectivity index is 1.56. The lowest BCUT2D eigenvalue weighted by Gasteiger charge is -2.20. The Bertz CT molecular complexity index is 1050. The first-order valence-corrected chi connectivity index (χ1v) is 10.6. The topological polar surface area (TPSA) is 114 Å². The molecule has 0 radical (unpaired) electrons. The number of halogens is 1. The van der Waals surface area contributed by atoms with E-state index >= 15 is 0 Å². The predicted molar refractivity (Wildman–Crippen MR) is 113 cm³/mol. The number of hydrogen-bond donors (Lipinski definition) is 1. The smallest absolute Gasteiger partial charge is 0.303 e. The standard InChI is InChI=1S/C19H20ClN5O4S/c1-10(26)28-16-14(20)13(7-30-12-5-3-11(27-2)4-6-12)29-19(16)25-9-24-15-17(21)22-8-23-18(15)25/h3-6,8-9,13-14,16,19H,7H2,1-2H3,(H2,21,22,23)/t13-,14-,16-,19-/m1/s1. The van der Waals surface area contributed by atoms with Crippen molar-refractivity contribution in [3.8, 4) is 5.75 Å². The first kappa shape index (κ1) is 20.7. The molecule has 11 heteroatoms. The number of methoxy groups -OCH3 is 1. The maximum atomic E-state index is 11.7. The number of ether oxygens (including phenoxy) is 3. The van der Waals surface area contributed by atoms with Crippen LogP contribution in [-0.4, -0.2) is 55.9 Å². The van der Waals surface area contributed by atoms with Crippen molar-refractivity contribution >= 4 is 46.3 Å². The molecule has 158 valence electrons. The summed E-state index contributed by atoms with van der Waals surface area (Å²) >= 11 is 8.26. The van der Waals surface area contributed by atoms with Crippen LogP contribution in [0, 0.1) is 0 Å². The predicted octanol–water partition coefficient (Wildman–Crippen LogP) is 2.65. The second-order valence-electron chi connectivity index (χ2n) is 6.65. The number of nitrogens with two attached hydrogens (primary N) is 1. The van der Waals surface area contributed by atoms with Crippen molar-refractivity contribution in [1.29, 1.82) is 0 Å². The summed E-state index contributed by atoms with van der Waals surface area (Å²) in [6.07, 6.45) is 1.13. The maximum Gasteiger partial charge on any atom is 0.303 e. The number of hydrogen-bond acceptors (Lipinski definition) is 9. The maximum absolute atomic E-state index is 11.7. The van der Waals surface area contributed by atoms with Gasteiger partial charge >= 0.3 is 5.97 Å². The van der Waals surface area contributed by atoms with Gasteiger partial charge in [-0.3, -0.25) is 9.36 Å². The van der Waals surface area contributed by atoms with Crippen molar-refractivity contribution in [3.05, 3.63) is 36.9 Å². The van der Waals surface area contributed by atoms with Gasteiger partial charge in [-0.15, -0.1) is 23.4 Å². The fraction of sp³-hybridized carbons (Fsp3) is 0.368. The van der Waals surface area contributed by atoms with Gasteiger partial charge < -0.3 is 19.9 Å². The minimum atomic E-state index is -0.709. The van der Waals surface area contributed by atoms with Gasteiger partial charge in [-0.05, 0) is 24.3 Å². The van der Waals surface area contributed by atoms with Crippen molar-refractivity contribution in [2.24, 2.45) is 0 Å². The lowest BCUT2D eigenvalue weighted by molar-refractivity contribution is -0.151. The molecule has 1 saturated heterocycles. The van der Waals surface area contributed by atoms with Crippen molar-refractivity contribution in [1.82, 2.24) is 19.5 Å². The zero-order valence-corrected chi connectivity index (χ0v) is 17.8. The number of benzene rings is 1. The van der Waals surface area contributed by atoms with E-state index in [2.05, 4.69) is 15.0 Å². The normalized spacial score (nSPS) is 23.6. The molecule has 0 saturated carbocycles. The fourth-order valence-electron chi connectivity index (χ4n) is 3.28. The zero-order chi connectivity index (χ0) is 21.3. The molecule has 1 fully saturated rings. The molecule has 0 bridgehead atoms. The number of anilines is 1. The monoisotopic (exact) mass is 449 g/mol. The van der Waals surface area contributed by atoms with Gasteiger partial charge in [0.05, 0.1) is 19.5 Å². The summed E-state index contributed by atoms with van der Waals surface area (Å²) < 4.78 is 18.6. The fourth-order valence-corrected chi connectivity index (χ4v) is 4.68. The molecule has 9 nitrogen and oxygen atoms in total. The number of carbonyl (C=O) groups excluding carboxylic acids is 1. The van der Waals surface area contributed by atoms with Crippen LogP contribution in [0.15, 0.2) is 41.8 Å². The molecule has 4 atom stereocenters. The number of nitrogens with zero attached hydrogens (tertiary/aromatic N) is 4. The molecule has 0 spiro atoms. The van der Waals surface area contributed by atoms with Crippen molar-refractivity contribution in [2.75, 3.05) is 18.6 Å². The van der Waals surface area contributed by atoms with E-state index in [9.17, 15) is 4.79 Å². The SMILES string of the molecule is COc1ccc(SC[C@H]2O[C@@H](n3cnc4c(N)ncnc43)[C@H](OC(C)=O)[C@@H]2Cl)cc1. The van der Waals surface area contributed by atoms with E-state index in [0.717, 1.165) is 10.6 Å². The molecular formula is C19H20ClN5O4S. The summed E-state index contributed by atoms with van der Waals surface area (Å²) in [5, 5.41) is -0.554. The number of rotatable bonds is 6. The van der Waals surface area contributed by atoms with E-state index in [1.165, 1.54) is 13.3 Å². The molecule has 1 aromatic carbocycles. The Hall–Kier alpha value is -2.56. The number of fused-ring (bicyclic) bond motifs is 1. The van der Waals surface area contributed by atoms with E-state index < -0.39 is 23.7 Å². The summed E-state index contributed by atoms with van der Waals surface area (Å²) in [7, 11) is 1.63. The van der Waals surface area contributed by atoms with Gasteiger partial charge in [0.25, 0.3) is 0 Å². The average molecular weight is 450 g/mol. The molecule has 0 unspecified atom stereocenters. The zero-order valence-electron chi connectivity index (χ0n) is 16.3. The van der Waals surface area contributed by atoms with Crippen molar-refractivity contribution in [2.45, 2.75) is 35.6 Å². The van der Waals surface area contributed by atoms with Crippen LogP contribution in [0.3, 0.4) is 0 Å². The van der Waals surface area contributed by atoms with Crippen LogP contribution in [0.1, 0.15) is 13.2 Å². The van der Waals surface area contributed by atoms with E-state index in [-0.39, 0.29) is 11.9 Å². The van der Waals surface area contributed by atoms with Gasteiger partial charge in [0, 0.05) is 17.6 Å². The molecule has 30 heavy (non-hydrogen) atoms.